The molecule has 0 spiro atoms. The van der Waals surface area contributed by atoms with Gasteiger partial charge in [-0.15, -0.1) is 0 Å². The number of halogens is 1. The van der Waals surface area contributed by atoms with Crippen LogP contribution in [0.15, 0.2) is 11.0 Å². The van der Waals surface area contributed by atoms with E-state index in [-0.39, 0.29) is 10.6 Å². The topological polar surface area (TPSA) is 46.9 Å². The third kappa shape index (κ3) is 4.22. The molecule has 0 unspecified atom stereocenters. The summed E-state index contributed by atoms with van der Waals surface area (Å²) in [5.41, 5.74) is 0.506. The van der Waals surface area contributed by atoms with Gasteiger partial charge in [0, 0.05) is 12.6 Å². The predicted molar refractivity (Wildman–Crippen MR) is 88.1 cm³/mol. The van der Waals surface area contributed by atoms with Gasteiger partial charge in [0.1, 0.15) is 5.02 Å². The molecule has 1 heterocycles. The molecule has 1 N–H and O–H groups in total. The summed E-state index contributed by atoms with van der Waals surface area (Å²) < 4.78 is 1.46. The van der Waals surface area contributed by atoms with E-state index < -0.39 is 0 Å². The molecule has 0 saturated heterocycles. The summed E-state index contributed by atoms with van der Waals surface area (Å²) in [5, 5.41) is 7.92. The Balaban J connectivity index is 2.01. The number of hydrogen-bond donors (Lipinski definition) is 1. The van der Waals surface area contributed by atoms with Gasteiger partial charge >= 0.3 is 0 Å². The number of nitrogens with one attached hydrogen (secondary N) is 1. The SMILES string of the molecule is CCCCn1ncc(NC2CCC(CC)CC2)c(Cl)c1=O. The molecule has 0 aromatic carbocycles. The molecule has 1 aromatic rings. The van der Waals surface area contributed by atoms with Crippen LogP contribution in [0.2, 0.25) is 5.02 Å². The maximum atomic E-state index is 12.2. The van der Waals surface area contributed by atoms with Crippen LogP contribution < -0.4 is 10.9 Å². The Kier molecular flexibility index (Phi) is 6.09. The van der Waals surface area contributed by atoms with E-state index in [0.717, 1.165) is 31.6 Å². The van der Waals surface area contributed by atoms with Crippen LogP contribution in [0, 0.1) is 5.92 Å². The minimum absolute atomic E-state index is 0.183. The van der Waals surface area contributed by atoms with Gasteiger partial charge in [-0.1, -0.05) is 38.3 Å². The molecule has 0 radical (unpaired) electrons. The highest BCUT2D eigenvalue weighted by molar-refractivity contribution is 6.32. The van der Waals surface area contributed by atoms with Gasteiger partial charge in [-0.3, -0.25) is 4.79 Å². The number of unbranched alkanes of at least 4 members (excludes halogenated alkanes) is 1. The molecular weight excluding hydrogens is 286 g/mol. The van der Waals surface area contributed by atoms with E-state index in [9.17, 15) is 4.79 Å². The highest BCUT2D eigenvalue weighted by Gasteiger charge is 2.21. The summed E-state index contributed by atoms with van der Waals surface area (Å²) in [6, 6.07) is 0.415. The molecule has 1 aromatic heterocycles. The second kappa shape index (κ2) is 7.83. The Morgan fingerprint density at radius 1 is 1.33 bits per heavy atom. The smallest absolute Gasteiger partial charge is 0.287 e. The third-order valence-electron chi connectivity index (χ3n) is 4.49. The minimum atomic E-state index is -0.183. The van der Waals surface area contributed by atoms with Crippen LogP contribution >= 0.6 is 11.6 Å². The van der Waals surface area contributed by atoms with Crippen LogP contribution in [0.25, 0.3) is 0 Å². The van der Waals surface area contributed by atoms with Gasteiger partial charge in [-0.05, 0) is 38.0 Å². The predicted octanol–water partition coefficient (Wildman–Crippen LogP) is 4.08. The molecule has 0 atom stereocenters. The normalized spacial score (nSPS) is 22.2. The summed E-state index contributed by atoms with van der Waals surface area (Å²) >= 11 is 6.22. The van der Waals surface area contributed by atoms with Gasteiger partial charge in [0.15, 0.2) is 0 Å². The number of anilines is 1. The molecule has 1 aliphatic carbocycles. The molecule has 1 aliphatic rings. The first-order chi connectivity index (χ1) is 10.2. The van der Waals surface area contributed by atoms with E-state index in [0.29, 0.717) is 18.3 Å². The minimum Gasteiger partial charge on any atom is -0.380 e. The molecular formula is C16H26ClN3O. The lowest BCUT2D eigenvalue weighted by Gasteiger charge is -2.29. The van der Waals surface area contributed by atoms with Crippen molar-refractivity contribution >= 4 is 17.3 Å². The molecule has 1 fully saturated rings. The summed E-state index contributed by atoms with van der Waals surface area (Å²) in [6.45, 7) is 4.99. The van der Waals surface area contributed by atoms with E-state index in [4.69, 9.17) is 11.6 Å². The molecule has 1 saturated carbocycles. The number of aromatic nitrogens is 2. The van der Waals surface area contributed by atoms with Crippen molar-refractivity contribution in [2.45, 2.75) is 71.4 Å². The summed E-state index contributed by atoms with van der Waals surface area (Å²) in [5.74, 6) is 0.860. The van der Waals surface area contributed by atoms with E-state index in [1.807, 2.05) is 0 Å². The maximum absolute atomic E-state index is 12.2. The Hall–Kier alpha value is -1.03. The number of nitrogens with zero attached hydrogens (tertiary/aromatic N) is 2. The van der Waals surface area contributed by atoms with Crippen LogP contribution in [-0.4, -0.2) is 15.8 Å². The van der Waals surface area contributed by atoms with Crippen molar-refractivity contribution in [3.8, 4) is 0 Å². The first-order valence-corrected chi connectivity index (χ1v) is 8.55. The number of aryl methyl sites for hydroxylation is 1. The Morgan fingerprint density at radius 2 is 2.05 bits per heavy atom. The fraction of sp³-hybridized carbons (Fsp3) is 0.750. The van der Waals surface area contributed by atoms with Crippen molar-refractivity contribution in [3.63, 3.8) is 0 Å². The van der Waals surface area contributed by atoms with Crippen molar-refractivity contribution < 1.29 is 0 Å². The molecule has 2 rings (SSSR count). The highest BCUT2D eigenvalue weighted by Crippen LogP contribution is 2.29. The van der Waals surface area contributed by atoms with E-state index in [1.165, 1.54) is 23.9 Å². The average molecular weight is 312 g/mol. The molecule has 0 amide bonds. The zero-order valence-corrected chi connectivity index (χ0v) is 13.8. The lowest BCUT2D eigenvalue weighted by molar-refractivity contribution is 0.330. The quantitative estimate of drug-likeness (QED) is 0.861. The zero-order chi connectivity index (χ0) is 15.2. The van der Waals surface area contributed by atoms with E-state index >= 15 is 0 Å². The molecule has 0 bridgehead atoms. The lowest BCUT2D eigenvalue weighted by atomic mass is 9.84. The van der Waals surface area contributed by atoms with Crippen molar-refractivity contribution in [3.05, 3.63) is 21.6 Å². The fourth-order valence-electron chi connectivity index (χ4n) is 2.97. The molecule has 4 nitrogen and oxygen atoms in total. The first kappa shape index (κ1) is 16.3. The molecule has 0 aliphatic heterocycles. The van der Waals surface area contributed by atoms with Crippen molar-refractivity contribution in [1.29, 1.82) is 0 Å². The largest absolute Gasteiger partial charge is 0.380 e. The van der Waals surface area contributed by atoms with Crippen molar-refractivity contribution in [2.75, 3.05) is 5.32 Å². The lowest BCUT2D eigenvalue weighted by Crippen LogP contribution is -2.29. The standard InChI is InChI=1S/C16H26ClN3O/c1-3-5-10-20-16(21)15(17)14(11-18-20)19-13-8-6-12(4-2)7-9-13/h11-13,19H,3-10H2,1-2H3. The van der Waals surface area contributed by atoms with Gasteiger partial charge in [0.2, 0.25) is 0 Å². The number of rotatable bonds is 6. The molecule has 21 heavy (non-hydrogen) atoms. The van der Waals surface area contributed by atoms with Crippen molar-refractivity contribution in [2.24, 2.45) is 5.92 Å². The van der Waals surface area contributed by atoms with E-state index in [2.05, 4.69) is 24.3 Å². The van der Waals surface area contributed by atoms with Gasteiger partial charge in [0.25, 0.3) is 5.56 Å². The third-order valence-corrected chi connectivity index (χ3v) is 4.86. The van der Waals surface area contributed by atoms with Crippen molar-refractivity contribution in [1.82, 2.24) is 9.78 Å². The van der Waals surface area contributed by atoms with Crippen LogP contribution in [0.1, 0.15) is 58.8 Å². The van der Waals surface area contributed by atoms with Gasteiger partial charge in [-0.25, -0.2) is 4.68 Å². The summed E-state index contributed by atoms with van der Waals surface area (Å²) in [6.07, 6.45) is 9.75. The van der Waals surface area contributed by atoms with Gasteiger partial charge in [0.05, 0.1) is 11.9 Å². The van der Waals surface area contributed by atoms with Gasteiger partial charge in [-0.2, -0.15) is 5.10 Å². The molecule has 5 heteroatoms. The maximum Gasteiger partial charge on any atom is 0.287 e. The molecule has 118 valence electrons. The Labute approximate surface area is 131 Å². The van der Waals surface area contributed by atoms with Crippen LogP contribution in [0.3, 0.4) is 0 Å². The van der Waals surface area contributed by atoms with Crippen LogP contribution in [0.5, 0.6) is 0 Å². The monoisotopic (exact) mass is 311 g/mol. The highest BCUT2D eigenvalue weighted by atomic mass is 35.5. The van der Waals surface area contributed by atoms with Crippen LogP contribution in [-0.2, 0) is 6.54 Å². The average Bonchev–Trinajstić information content (AvgIpc) is 2.52. The second-order valence-corrected chi connectivity index (χ2v) is 6.40. The zero-order valence-electron chi connectivity index (χ0n) is 13.1. The number of hydrogen-bond acceptors (Lipinski definition) is 3. The Morgan fingerprint density at radius 3 is 2.67 bits per heavy atom. The summed E-state index contributed by atoms with van der Waals surface area (Å²) in [4.78, 5) is 12.2. The fourth-order valence-corrected chi connectivity index (χ4v) is 3.17. The second-order valence-electron chi connectivity index (χ2n) is 6.02. The van der Waals surface area contributed by atoms with Gasteiger partial charge < -0.3 is 5.32 Å². The van der Waals surface area contributed by atoms with E-state index in [1.54, 1.807) is 6.20 Å². The summed E-state index contributed by atoms with van der Waals surface area (Å²) in [7, 11) is 0. The van der Waals surface area contributed by atoms with Crippen LogP contribution in [0.4, 0.5) is 5.69 Å². The first-order valence-electron chi connectivity index (χ1n) is 8.17. The Bertz CT molecular complexity index is 507.